The van der Waals surface area contributed by atoms with Gasteiger partial charge >= 0.3 is 0 Å². The van der Waals surface area contributed by atoms with Crippen molar-refractivity contribution < 1.29 is 18.6 Å². The Bertz CT molecular complexity index is 667. The second-order valence-electron chi connectivity index (χ2n) is 3.71. The summed E-state index contributed by atoms with van der Waals surface area (Å²) in [5.41, 5.74) is -0.174. The largest absolute Gasteiger partial charge is 0.270 e. The van der Waals surface area contributed by atoms with Crippen LogP contribution in [0.4, 0.5) is 20.2 Å². The molecule has 0 saturated carbocycles. The number of nitro benzene ring substituents is 2. The molecular weight excluding hydrogens is 528 g/mol. The lowest BCUT2D eigenvalue weighted by Crippen LogP contribution is -1.89. The van der Waals surface area contributed by atoms with Crippen LogP contribution in [-0.2, 0) is 0 Å². The summed E-state index contributed by atoms with van der Waals surface area (Å²) in [5, 5.41) is 20.3. The number of non-ortho nitro benzene ring substituents is 2. The van der Waals surface area contributed by atoms with Crippen molar-refractivity contribution >= 4 is 56.6 Å². The van der Waals surface area contributed by atoms with Crippen molar-refractivity contribution in [1.82, 2.24) is 0 Å². The number of rotatable bonds is 2. The first-order chi connectivity index (χ1) is 10.2. The number of benzene rings is 2. The molecule has 0 N–H and O–H groups in total. The topological polar surface area (TPSA) is 86.3 Å². The van der Waals surface area contributed by atoms with Gasteiger partial charge in [0, 0.05) is 24.3 Å². The minimum Gasteiger partial charge on any atom is -0.258 e. The van der Waals surface area contributed by atoms with Crippen LogP contribution in [-0.4, -0.2) is 9.85 Å². The van der Waals surface area contributed by atoms with Crippen molar-refractivity contribution in [1.29, 1.82) is 0 Å². The number of nitro groups is 2. The molecule has 0 amide bonds. The summed E-state index contributed by atoms with van der Waals surface area (Å²) < 4.78 is 25.6. The molecule has 2 aromatic carbocycles. The third-order valence-corrected chi connectivity index (χ3v) is 3.88. The molecule has 0 spiro atoms. The van der Waals surface area contributed by atoms with E-state index in [0.29, 0.717) is 0 Å². The Kier molecular flexibility index (Phi) is 6.99. The van der Waals surface area contributed by atoms with Crippen LogP contribution in [0.15, 0.2) is 36.4 Å². The van der Waals surface area contributed by atoms with E-state index < -0.39 is 21.5 Å². The lowest BCUT2D eigenvalue weighted by molar-refractivity contribution is -0.385. The highest BCUT2D eigenvalue weighted by Crippen LogP contribution is 2.18. The summed E-state index contributed by atoms with van der Waals surface area (Å²) in [6, 6.07) is 6.82. The maximum atomic E-state index is 12.5. The van der Waals surface area contributed by atoms with Crippen molar-refractivity contribution in [3.8, 4) is 0 Å². The zero-order chi connectivity index (χ0) is 16.9. The zero-order valence-electron chi connectivity index (χ0n) is 10.5. The van der Waals surface area contributed by atoms with Gasteiger partial charge in [0.15, 0.2) is 0 Å². The maximum absolute atomic E-state index is 12.5. The maximum Gasteiger partial charge on any atom is 0.270 e. The molecule has 0 aliphatic carbocycles. The monoisotopic (exact) mass is 534 g/mol. The fourth-order valence-electron chi connectivity index (χ4n) is 1.20. The van der Waals surface area contributed by atoms with E-state index >= 15 is 0 Å². The molecule has 0 unspecified atom stereocenters. The summed E-state index contributed by atoms with van der Waals surface area (Å²) in [7, 11) is 0. The summed E-state index contributed by atoms with van der Waals surface area (Å²) in [6.45, 7) is 0. The van der Waals surface area contributed by atoms with Crippen LogP contribution < -0.4 is 0 Å². The second-order valence-corrected chi connectivity index (χ2v) is 6.04. The molecule has 0 aliphatic heterocycles. The van der Waals surface area contributed by atoms with Gasteiger partial charge in [-0.05, 0) is 57.3 Å². The third-order valence-electron chi connectivity index (χ3n) is 2.23. The van der Waals surface area contributed by atoms with Gasteiger partial charge < -0.3 is 0 Å². The molecule has 6 nitrogen and oxygen atoms in total. The van der Waals surface area contributed by atoms with E-state index in [4.69, 9.17) is 0 Å². The van der Waals surface area contributed by atoms with E-state index in [1.165, 1.54) is 12.1 Å². The number of nitrogens with zero attached hydrogens (tertiary/aromatic N) is 2. The van der Waals surface area contributed by atoms with Gasteiger partial charge in [0.05, 0.1) is 17.0 Å². The summed E-state index contributed by atoms with van der Waals surface area (Å²) in [4.78, 5) is 19.2. The van der Waals surface area contributed by atoms with Crippen LogP contribution in [0, 0.1) is 39.0 Å². The van der Waals surface area contributed by atoms with Crippen molar-refractivity contribution in [3.63, 3.8) is 0 Å². The first-order valence-electron chi connectivity index (χ1n) is 5.41. The predicted molar refractivity (Wildman–Crippen MR) is 91.5 cm³/mol. The highest BCUT2D eigenvalue weighted by molar-refractivity contribution is 14.1. The van der Waals surface area contributed by atoms with Gasteiger partial charge in [-0.3, -0.25) is 20.2 Å². The van der Waals surface area contributed by atoms with Gasteiger partial charge in [0.25, 0.3) is 11.4 Å². The Hall–Kier alpha value is -1.44. The van der Waals surface area contributed by atoms with Gasteiger partial charge in [-0.15, -0.1) is 0 Å². The Morgan fingerprint density at radius 1 is 0.773 bits per heavy atom. The Morgan fingerprint density at radius 2 is 1.09 bits per heavy atom. The van der Waals surface area contributed by atoms with Crippen LogP contribution >= 0.6 is 45.2 Å². The Morgan fingerprint density at radius 3 is 1.32 bits per heavy atom. The first-order valence-corrected chi connectivity index (χ1v) is 7.57. The molecule has 0 aromatic heterocycles. The molecular formula is C12H6F2I2N2O4. The van der Waals surface area contributed by atoms with E-state index in [1.54, 1.807) is 45.2 Å². The van der Waals surface area contributed by atoms with Crippen molar-refractivity contribution in [3.05, 3.63) is 75.4 Å². The van der Waals surface area contributed by atoms with Gasteiger partial charge in [-0.2, -0.15) is 0 Å². The first kappa shape index (κ1) is 18.6. The average Bonchev–Trinajstić information content (AvgIpc) is 2.45. The molecule has 0 radical (unpaired) electrons. The standard InChI is InChI=1S/2C6H3FINO2/c2*7-5-2-1-4(9(10)11)3-6(5)8/h2*1-3H. The highest BCUT2D eigenvalue weighted by Gasteiger charge is 2.08. The van der Waals surface area contributed by atoms with Gasteiger partial charge in [0.1, 0.15) is 11.6 Å². The number of halogens is 4. The molecule has 0 fully saturated rings. The predicted octanol–water partition coefficient (Wildman–Crippen LogP) is 4.68. The van der Waals surface area contributed by atoms with E-state index in [-0.39, 0.29) is 18.5 Å². The van der Waals surface area contributed by atoms with Gasteiger partial charge in [-0.1, -0.05) is 0 Å². The molecule has 0 saturated heterocycles. The van der Waals surface area contributed by atoms with Crippen LogP contribution in [0.25, 0.3) is 0 Å². The molecule has 2 rings (SSSR count). The fraction of sp³-hybridized carbons (Fsp3) is 0. The van der Waals surface area contributed by atoms with Gasteiger partial charge in [-0.25, -0.2) is 8.78 Å². The quantitative estimate of drug-likeness (QED) is 0.319. The highest BCUT2D eigenvalue weighted by atomic mass is 127. The molecule has 0 heterocycles. The number of hydrogen-bond acceptors (Lipinski definition) is 4. The summed E-state index contributed by atoms with van der Waals surface area (Å²) >= 11 is 3.41. The lowest BCUT2D eigenvalue weighted by atomic mass is 10.3. The molecule has 0 atom stereocenters. The molecule has 0 aliphatic rings. The molecule has 116 valence electrons. The van der Waals surface area contributed by atoms with Crippen LogP contribution in [0.2, 0.25) is 0 Å². The minimum absolute atomic E-state index is 0.0872. The average molecular weight is 534 g/mol. The molecule has 10 heteroatoms. The second kappa shape index (κ2) is 8.26. The van der Waals surface area contributed by atoms with E-state index in [9.17, 15) is 29.0 Å². The Labute approximate surface area is 150 Å². The number of hydrogen-bond donors (Lipinski definition) is 0. The fourth-order valence-corrected chi connectivity index (χ4v) is 2.19. The smallest absolute Gasteiger partial charge is 0.258 e. The molecule has 22 heavy (non-hydrogen) atoms. The Balaban J connectivity index is 0.000000220. The summed E-state index contributed by atoms with van der Waals surface area (Å²) in [6.07, 6.45) is 0. The summed E-state index contributed by atoms with van der Waals surface area (Å²) in [5.74, 6) is -0.868. The third kappa shape index (κ3) is 5.40. The van der Waals surface area contributed by atoms with Crippen molar-refractivity contribution in [2.75, 3.05) is 0 Å². The molecule has 2 aromatic rings. The molecule has 0 bridgehead atoms. The normalized spacial score (nSPS) is 9.64. The van der Waals surface area contributed by atoms with E-state index in [2.05, 4.69) is 0 Å². The van der Waals surface area contributed by atoms with Crippen LogP contribution in [0.5, 0.6) is 0 Å². The zero-order valence-corrected chi connectivity index (χ0v) is 14.8. The van der Waals surface area contributed by atoms with Crippen LogP contribution in [0.3, 0.4) is 0 Å². The lowest BCUT2D eigenvalue weighted by Gasteiger charge is -1.92. The van der Waals surface area contributed by atoms with Crippen molar-refractivity contribution in [2.45, 2.75) is 0 Å². The van der Waals surface area contributed by atoms with Gasteiger partial charge in [0.2, 0.25) is 0 Å². The SMILES string of the molecule is O=[N+]([O-])c1ccc(F)c(I)c1.O=[N+]([O-])c1ccc(F)c(I)c1. The minimum atomic E-state index is -0.554. The van der Waals surface area contributed by atoms with Crippen molar-refractivity contribution in [2.24, 2.45) is 0 Å². The van der Waals surface area contributed by atoms with E-state index in [1.807, 2.05) is 0 Å². The van der Waals surface area contributed by atoms with Crippen LogP contribution in [0.1, 0.15) is 0 Å². The van der Waals surface area contributed by atoms with E-state index in [0.717, 1.165) is 24.3 Å².